The number of urea groups is 1. The molecule has 1 saturated heterocycles. The Morgan fingerprint density at radius 3 is 2.56 bits per heavy atom. The Kier molecular flexibility index (Phi) is 7.10. The number of likely N-dealkylation sites (tertiary alicyclic amines) is 1. The predicted molar refractivity (Wildman–Crippen MR) is 106 cm³/mol. The maximum atomic E-state index is 12.0. The number of carbonyl (C=O) groups excluding carboxylic acids is 1. The molecule has 6 heteroatoms. The number of benzene rings is 1. The van der Waals surface area contributed by atoms with Crippen LogP contribution in [-0.2, 0) is 4.74 Å². The van der Waals surface area contributed by atoms with Gasteiger partial charge in [-0.25, -0.2) is 4.79 Å². The van der Waals surface area contributed by atoms with Gasteiger partial charge in [0.15, 0.2) is 0 Å². The van der Waals surface area contributed by atoms with Gasteiger partial charge in [0.1, 0.15) is 0 Å². The highest BCUT2D eigenvalue weighted by Gasteiger charge is 2.37. The van der Waals surface area contributed by atoms with Gasteiger partial charge in [0.25, 0.3) is 0 Å². The van der Waals surface area contributed by atoms with E-state index in [1.807, 2.05) is 30.3 Å². The molecular weight excluding hydrogens is 342 g/mol. The number of hydrogen-bond acceptors (Lipinski definition) is 4. The van der Waals surface area contributed by atoms with E-state index in [2.05, 4.69) is 15.5 Å². The molecule has 0 aromatic heterocycles. The van der Waals surface area contributed by atoms with Crippen LogP contribution >= 0.6 is 0 Å². The molecule has 1 aliphatic carbocycles. The third kappa shape index (κ3) is 5.67. The van der Waals surface area contributed by atoms with E-state index in [-0.39, 0.29) is 11.6 Å². The van der Waals surface area contributed by atoms with Crippen molar-refractivity contribution in [2.45, 2.75) is 43.8 Å². The normalized spacial score (nSPS) is 21.3. The van der Waals surface area contributed by atoms with Crippen LogP contribution < -0.4 is 10.6 Å². The van der Waals surface area contributed by atoms with Gasteiger partial charge in [-0.05, 0) is 56.7 Å². The van der Waals surface area contributed by atoms with Gasteiger partial charge in [-0.3, -0.25) is 0 Å². The second-order valence-corrected chi connectivity index (χ2v) is 7.97. The first kappa shape index (κ1) is 20.1. The number of aliphatic hydroxyl groups is 1. The minimum atomic E-state index is -0.439. The van der Waals surface area contributed by atoms with E-state index in [0.717, 1.165) is 44.3 Å². The number of rotatable bonds is 8. The summed E-state index contributed by atoms with van der Waals surface area (Å²) in [5.74, 6) is 0.501. The van der Waals surface area contributed by atoms with Gasteiger partial charge in [-0.1, -0.05) is 30.3 Å². The molecule has 150 valence electrons. The molecule has 1 saturated carbocycles. The largest absolute Gasteiger partial charge is 0.387 e. The number of carbonyl (C=O) groups is 1. The molecule has 0 radical (unpaired) electrons. The van der Waals surface area contributed by atoms with Gasteiger partial charge in [-0.2, -0.15) is 0 Å². The summed E-state index contributed by atoms with van der Waals surface area (Å²) in [7, 11) is 1.72. The molecule has 0 bridgehead atoms. The molecule has 6 nitrogen and oxygen atoms in total. The van der Waals surface area contributed by atoms with Crippen LogP contribution in [0.1, 0.15) is 43.8 Å². The minimum absolute atomic E-state index is 0.0970. The lowest BCUT2D eigenvalue weighted by Gasteiger charge is -2.40. The van der Waals surface area contributed by atoms with E-state index in [4.69, 9.17) is 4.74 Å². The van der Waals surface area contributed by atoms with Crippen LogP contribution in [-0.4, -0.2) is 61.5 Å². The first-order valence-corrected chi connectivity index (χ1v) is 10.1. The second-order valence-electron chi connectivity index (χ2n) is 7.97. The second kappa shape index (κ2) is 9.53. The molecule has 2 fully saturated rings. The van der Waals surface area contributed by atoms with Crippen LogP contribution in [0.4, 0.5) is 4.79 Å². The lowest BCUT2D eigenvalue weighted by molar-refractivity contribution is -0.0674. The molecule has 1 aromatic rings. The number of ether oxygens (including phenoxy) is 1. The summed E-state index contributed by atoms with van der Waals surface area (Å²) in [4.78, 5) is 14.3. The number of piperidine rings is 1. The average Bonchev–Trinajstić information content (AvgIpc) is 2.67. The van der Waals surface area contributed by atoms with Gasteiger partial charge < -0.3 is 25.4 Å². The zero-order valence-electron chi connectivity index (χ0n) is 16.3. The van der Waals surface area contributed by atoms with E-state index in [9.17, 15) is 9.90 Å². The summed E-state index contributed by atoms with van der Waals surface area (Å²) in [6.07, 6.45) is 4.88. The third-order valence-corrected chi connectivity index (χ3v) is 6.14. The smallest absolute Gasteiger partial charge is 0.314 e. The Balaban J connectivity index is 1.30. The highest BCUT2D eigenvalue weighted by atomic mass is 16.5. The van der Waals surface area contributed by atoms with Gasteiger partial charge >= 0.3 is 6.03 Å². The molecule has 1 aromatic carbocycles. The van der Waals surface area contributed by atoms with E-state index in [0.29, 0.717) is 25.6 Å². The van der Waals surface area contributed by atoms with Crippen LogP contribution in [0.25, 0.3) is 0 Å². The number of nitrogens with zero attached hydrogens (tertiary/aromatic N) is 1. The summed E-state index contributed by atoms with van der Waals surface area (Å²) in [5, 5.41) is 16.3. The van der Waals surface area contributed by atoms with Gasteiger partial charge in [0.05, 0.1) is 11.7 Å². The molecule has 27 heavy (non-hydrogen) atoms. The standard InChI is InChI=1S/C21H33N3O3/c1-27-21(10-5-11-21)16-23-20(26)22-14-17-8-12-24(13-9-17)15-19(25)18-6-3-2-4-7-18/h2-4,6-7,17,19,25H,5,8-16H2,1H3,(H2,22,23,26). The lowest BCUT2D eigenvalue weighted by atomic mass is 9.80. The van der Waals surface area contributed by atoms with Crippen LogP contribution in [0.2, 0.25) is 0 Å². The molecule has 3 N–H and O–H groups in total. The van der Waals surface area contributed by atoms with E-state index in [1.54, 1.807) is 7.11 Å². The van der Waals surface area contributed by atoms with Crippen LogP contribution in [0.5, 0.6) is 0 Å². The zero-order valence-corrected chi connectivity index (χ0v) is 16.3. The fourth-order valence-corrected chi connectivity index (χ4v) is 3.96. The monoisotopic (exact) mass is 375 g/mol. The Labute approximate surface area is 162 Å². The van der Waals surface area contributed by atoms with Crippen molar-refractivity contribution in [2.24, 2.45) is 5.92 Å². The molecule has 1 atom stereocenters. The van der Waals surface area contributed by atoms with Crippen molar-refractivity contribution in [3.05, 3.63) is 35.9 Å². The van der Waals surface area contributed by atoms with Crippen LogP contribution in [0, 0.1) is 5.92 Å². The van der Waals surface area contributed by atoms with Crippen LogP contribution in [0.15, 0.2) is 30.3 Å². The summed E-state index contributed by atoms with van der Waals surface area (Å²) < 4.78 is 5.53. The van der Waals surface area contributed by atoms with Crippen molar-refractivity contribution in [3.8, 4) is 0 Å². The highest BCUT2D eigenvalue weighted by molar-refractivity contribution is 5.73. The molecule has 2 amide bonds. The SMILES string of the molecule is COC1(CNC(=O)NCC2CCN(CC(O)c3ccccc3)CC2)CCC1. The molecule has 2 aliphatic rings. The van der Waals surface area contributed by atoms with Crippen molar-refractivity contribution >= 4 is 6.03 Å². The van der Waals surface area contributed by atoms with Gasteiger partial charge in [0.2, 0.25) is 0 Å². The molecule has 1 aliphatic heterocycles. The first-order chi connectivity index (χ1) is 13.1. The number of nitrogens with one attached hydrogen (secondary N) is 2. The van der Waals surface area contributed by atoms with Crippen LogP contribution in [0.3, 0.4) is 0 Å². The minimum Gasteiger partial charge on any atom is -0.387 e. The fraction of sp³-hybridized carbons (Fsp3) is 0.667. The van der Waals surface area contributed by atoms with Crippen molar-refractivity contribution in [1.29, 1.82) is 0 Å². The van der Waals surface area contributed by atoms with Crippen molar-refractivity contribution in [3.63, 3.8) is 0 Å². The Bertz CT molecular complexity index is 578. The fourth-order valence-electron chi connectivity index (χ4n) is 3.96. The van der Waals surface area contributed by atoms with Gasteiger partial charge in [0, 0.05) is 26.7 Å². The topological polar surface area (TPSA) is 73.8 Å². The van der Waals surface area contributed by atoms with Crippen molar-refractivity contribution in [2.75, 3.05) is 39.8 Å². The Morgan fingerprint density at radius 2 is 1.96 bits per heavy atom. The molecule has 0 spiro atoms. The van der Waals surface area contributed by atoms with Crippen molar-refractivity contribution in [1.82, 2.24) is 15.5 Å². The lowest BCUT2D eigenvalue weighted by Crippen LogP contribution is -2.52. The van der Waals surface area contributed by atoms with Gasteiger partial charge in [-0.15, -0.1) is 0 Å². The number of hydrogen-bond donors (Lipinski definition) is 3. The predicted octanol–water partition coefficient (Wildman–Crippen LogP) is 2.30. The molecule has 3 rings (SSSR count). The quantitative estimate of drug-likeness (QED) is 0.652. The summed E-state index contributed by atoms with van der Waals surface area (Å²) in [6.45, 7) is 3.89. The number of β-amino-alcohol motifs (C(OH)–C–C–N with tert-alkyl or cyclic N) is 1. The Morgan fingerprint density at radius 1 is 1.26 bits per heavy atom. The summed E-state index contributed by atoms with van der Waals surface area (Å²) >= 11 is 0. The maximum Gasteiger partial charge on any atom is 0.314 e. The maximum absolute atomic E-state index is 12.0. The average molecular weight is 376 g/mol. The number of methoxy groups -OCH3 is 1. The molecule has 1 heterocycles. The summed E-state index contributed by atoms with van der Waals surface area (Å²) in [6, 6.07) is 9.73. The zero-order chi connectivity index (χ0) is 19.1. The first-order valence-electron chi connectivity index (χ1n) is 10.1. The highest BCUT2D eigenvalue weighted by Crippen LogP contribution is 2.34. The Hall–Kier alpha value is -1.63. The molecule has 1 unspecified atom stereocenters. The third-order valence-electron chi connectivity index (χ3n) is 6.14. The number of aliphatic hydroxyl groups excluding tert-OH is 1. The van der Waals surface area contributed by atoms with Crippen molar-refractivity contribution < 1.29 is 14.6 Å². The van der Waals surface area contributed by atoms with E-state index >= 15 is 0 Å². The number of amides is 2. The molecular formula is C21H33N3O3. The van der Waals surface area contributed by atoms with E-state index < -0.39 is 6.10 Å². The van der Waals surface area contributed by atoms with E-state index in [1.165, 1.54) is 6.42 Å². The summed E-state index contributed by atoms with van der Waals surface area (Å²) in [5.41, 5.74) is 0.834.